The Morgan fingerprint density at radius 1 is 1.31 bits per heavy atom. The van der Waals surface area contributed by atoms with E-state index in [4.69, 9.17) is 0 Å². The van der Waals surface area contributed by atoms with E-state index in [1.807, 2.05) is 11.8 Å². The number of thioether (sulfide) groups is 1. The van der Waals surface area contributed by atoms with Crippen LogP contribution >= 0.6 is 27.7 Å². The highest BCUT2D eigenvalue weighted by Gasteiger charge is 2.27. The van der Waals surface area contributed by atoms with Gasteiger partial charge in [0.25, 0.3) is 0 Å². The van der Waals surface area contributed by atoms with Crippen LogP contribution in [-0.2, 0) is 0 Å². The van der Waals surface area contributed by atoms with E-state index in [1.54, 1.807) is 0 Å². The molecule has 0 amide bonds. The van der Waals surface area contributed by atoms with Gasteiger partial charge in [-0.3, -0.25) is 0 Å². The quantitative estimate of drug-likeness (QED) is 0.830. The second-order valence-electron chi connectivity index (χ2n) is 4.81. The van der Waals surface area contributed by atoms with E-state index in [2.05, 4.69) is 58.9 Å². The van der Waals surface area contributed by atoms with Crippen molar-refractivity contribution in [1.82, 2.24) is 4.90 Å². The lowest BCUT2D eigenvalue weighted by atomic mass is 10.1. The van der Waals surface area contributed by atoms with Crippen LogP contribution < -0.4 is 0 Å². The summed E-state index contributed by atoms with van der Waals surface area (Å²) in [6, 6.07) is 8.62. The number of likely N-dealkylation sites (tertiary alicyclic amines) is 1. The fourth-order valence-electron chi connectivity index (χ4n) is 1.97. The monoisotopic (exact) mass is 299 g/mol. The van der Waals surface area contributed by atoms with E-state index in [9.17, 15) is 0 Å². The van der Waals surface area contributed by atoms with Crippen LogP contribution in [0.2, 0.25) is 0 Å². The Kier molecular flexibility index (Phi) is 4.34. The van der Waals surface area contributed by atoms with Gasteiger partial charge >= 0.3 is 0 Å². The molecule has 1 heterocycles. The summed E-state index contributed by atoms with van der Waals surface area (Å²) in [5.41, 5.74) is 0. The van der Waals surface area contributed by atoms with Crippen molar-refractivity contribution in [3.63, 3.8) is 0 Å². The van der Waals surface area contributed by atoms with Gasteiger partial charge in [0.05, 0.1) is 0 Å². The molecule has 1 nitrogen and oxygen atoms in total. The van der Waals surface area contributed by atoms with Gasteiger partial charge < -0.3 is 4.90 Å². The zero-order chi connectivity index (χ0) is 11.5. The Morgan fingerprint density at radius 2 is 1.94 bits per heavy atom. The van der Waals surface area contributed by atoms with E-state index >= 15 is 0 Å². The Labute approximate surface area is 111 Å². The van der Waals surface area contributed by atoms with E-state index < -0.39 is 0 Å². The van der Waals surface area contributed by atoms with E-state index in [0.29, 0.717) is 0 Å². The summed E-state index contributed by atoms with van der Waals surface area (Å²) in [6.07, 6.45) is 0. The summed E-state index contributed by atoms with van der Waals surface area (Å²) in [5, 5.41) is 0.792. The molecule has 0 radical (unpaired) electrons. The van der Waals surface area contributed by atoms with Crippen molar-refractivity contribution in [1.29, 1.82) is 0 Å². The zero-order valence-electron chi connectivity index (χ0n) is 9.82. The first-order valence-electron chi connectivity index (χ1n) is 5.78. The van der Waals surface area contributed by atoms with Crippen LogP contribution in [0.15, 0.2) is 33.6 Å². The summed E-state index contributed by atoms with van der Waals surface area (Å²) in [4.78, 5) is 3.93. The number of benzene rings is 1. The molecule has 1 aromatic rings. The predicted molar refractivity (Wildman–Crippen MR) is 75.1 cm³/mol. The standard InChI is InChI=1S/C13H18BrNS/c1-10(2)7-15-8-13(9-15)16-12-5-3-11(14)4-6-12/h3-6,10,13H,7-9H2,1-2H3. The average Bonchev–Trinajstić information content (AvgIpc) is 2.17. The molecule has 16 heavy (non-hydrogen) atoms. The van der Waals surface area contributed by atoms with Gasteiger partial charge in [-0.1, -0.05) is 29.8 Å². The molecule has 0 N–H and O–H groups in total. The molecule has 88 valence electrons. The Morgan fingerprint density at radius 3 is 2.50 bits per heavy atom. The normalized spacial score (nSPS) is 17.8. The largest absolute Gasteiger partial charge is 0.301 e. The van der Waals surface area contributed by atoms with Crippen molar-refractivity contribution in [2.75, 3.05) is 19.6 Å². The van der Waals surface area contributed by atoms with Gasteiger partial charge in [-0.2, -0.15) is 0 Å². The number of nitrogens with zero attached hydrogens (tertiary/aromatic N) is 1. The minimum Gasteiger partial charge on any atom is -0.301 e. The molecule has 1 fully saturated rings. The van der Waals surface area contributed by atoms with Gasteiger partial charge in [0.15, 0.2) is 0 Å². The van der Waals surface area contributed by atoms with Crippen molar-refractivity contribution in [3.05, 3.63) is 28.7 Å². The fraction of sp³-hybridized carbons (Fsp3) is 0.538. The van der Waals surface area contributed by atoms with E-state index in [1.165, 1.54) is 24.5 Å². The Balaban J connectivity index is 1.75. The molecule has 0 bridgehead atoms. The molecule has 0 aromatic heterocycles. The maximum Gasteiger partial charge on any atom is 0.0349 e. The third kappa shape index (κ3) is 3.51. The molecule has 0 atom stereocenters. The smallest absolute Gasteiger partial charge is 0.0349 e. The van der Waals surface area contributed by atoms with Crippen LogP contribution in [0.25, 0.3) is 0 Å². The minimum atomic E-state index is 0.790. The molecular formula is C13H18BrNS. The number of hydrogen-bond donors (Lipinski definition) is 0. The predicted octanol–water partition coefficient (Wildman–Crippen LogP) is 3.88. The van der Waals surface area contributed by atoms with Crippen molar-refractivity contribution >= 4 is 27.7 Å². The highest BCUT2D eigenvalue weighted by molar-refractivity contribution is 9.10. The molecule has 0 unspecified atom stereocenters. The lowest BCUT2D eigenvalue weighted by molar-refractivity contribution is 0.169. The van der Waals surface area contributed by atoms with Crippen molar-refractivity contribution < 1.29 is 0 Å². The first kappa shape index (κ1) is 12.5. The molecule has 2 rings (SSSR count). The van der Waals surface area contributed by atoms with E-state index in [0.717, 1.165) is 15.6 Å². The summed E-state index contributed by atoms with van der Waals surface area (Å²) in [7, 11) is 0. The molecular weight excluding hydrogens is 282 g/mol. The van der Waals surface area contributed by atoms with Gasteiger partial charge in [0, 0.05) is 34.3 Å². The topological polar surface area (TPSA) is 3.24 Å². The van der Waals surface area contributed by atoms with E-state index in [-0.39, 0.29) is 0 Å². The van der Waals surface area contributed by atoms with Crippen molar-refractivity contribution in [2.45, 2.75) is 24.0 Å². The maximum atomic E-state index is 3.46. The molecule has 0 saturated carbocycles. The minimum absolute atomic E-state index is 0.790. The second-order valence-corrected chi connectivity index (χ2v) is 7.10. The SMILES string of the molecule is CC(C)CN1CC(Sc2ccc(Br)cc2)C1. The van der Waals surface area contributed by atoms with Crippen LogP contribution in [0.3, 0.4) is 0 Å². The van der Waals surface area contributed by atoms with Crippen LogP contribution in [0.4, 0.5) is 0 Å². The van der Waals surface area contributed by atoms with Crippen LogP contribution in [0.1, 0.15) is 13.8 Å². The molecule has 3 heteroatoms. The number of rotatable bonds is 4. The van der Waals surface area contributed by atoms with Gasteiger partial charge in [0.1, 0.15) is 0 Å². The van der Waals surface area contributed by atoms with Crippen molar-refractivity contribution in [2.24, 2.45) is 5.92 Å². The maximum absolute atomic E-state index is 3.46. The first-order valence-corrected chi connectivity index (χ1v) is 7.45. The lowest BCUT2D eigenvalue weighted by Gasteiger charge is -2.39. The summed E-state index contributed by atoms with van der Waals surface area (Å²) < 4.78 is 1.16. The van der Waals surface area contributed by atoms with Crippen LogP contribution in [0.5, 0.6) is 0 Å². The van der Waals surface area contributed by atoms with Crippen molar-refractivity contribution in [3.8, 4) is 0 Å². The van der Waals surface area contributed by atoms with Crippen LogP contribution in [0, 0.1) is 5.92 Å². The lowest BCUT2D eigenvalue weighted by Crippen LogP contribution is -2.50. The average molecular weight is 300 g/mol. The third-order valence-electron chi connectivity index (χ3n) is 2.66. The second kappa shape index (κ2) is 5.56. The van der Waals surface area contributed by atoms with Crippen LogP contribution in [-0.4, -0.2) is 29.8 Å². The molecule has 1 aliphatic heterocycles. The Hall–Kier alpha value is 0.01000. The first-order chi connectivity index (χ1) is 7.63. The third-order valence-corrected chi connectivity index (χ3v) is 4.37. The summed E-state index contributed by atoms with van der Waals surface area (Å²) in [5.74, 6) is 0.790. The van der Waals surface area contributed by atoms with Gasteiger partial charge in [-0.25, -0.2) is 0 Å². The number of halogens is 1. The molecule has 1 saturated heterocycles. The summed E-state index contributed by atoms with van der Waals surface area (Å²) in [6.45, 7) is 8.32. The molecule has 0 spiro atoms. The molecule has 1 aliphatic rings. The Bertz CT molecular complexity index is 330. The fourth-order valence-corrected chi connectivity index (χ4v) is 3.48. The van der Waals surface area contributed by atoms with Gasteiger partial charge in [-0.05, 0) is 30.2 Å². The zero-order valence-corrected chi connectivity index (χ0v) is 12.2. The highest BCUT2D eigenvalue weighted by atomic mass is 79.9. The molecule has 0 aliphatic carbocycles. The molecule has 1 aromatic carbocycles. The number of hydrogen-bond acceptors (Lipinski definition) is 2. The van der Waals surface area contributed by atoms with Gasteiger partial charge in [-0.15, -0.1) is 11.8 Å². The summed E-state index contributed by atoms with van der Waals surface area (Å²) >= 11 is 5.47. The highest BCUT2D eigenvalue weighted by Crippen LogP contribution is 2.30. The van der Waals surface area contributed by atoms with Gasteiger partial charge in [0.2, 0.25) is 0 Å².